The van der Waals surface area contributed by atoms with Gasteiger partial charge in [0.25, 0.3) is 0 Å². The van der Waals surface area contributed by atoms with Crippen LogP contribution in [0.4, 0.5) is 0 Å². The summed E-state index contributed by atoms with van der Waals surface area (Å²) >= 11 is 0. The lowest BCUT2D eigenvalue weighted by atomic mass is 9.97. The van der Waals surface area contributed by atoms with E-state index in [1.807, 2.05) is 48.5 Å². The van der Waals surface area contributed by atoms with Gasteiger partial charge in [-0.1, -0.05) is 60.7 Å². The Morgan fingerprint density at radius 1 is 0.857 bits per heavy atom. The molecule has 0 bridgehead atoms. The van der Waals surface area contributed by atoms with Crippen LogP contribution in [0.3, 0.4) is 0 Å². The van der Waals surface area contributed by atoms with Crippen molar-refractivity contribution in [1.82, 2.24) is 4.90 Å². The zero-order valence-corrected chi connectivity index (χ0v) is 11.7. The van der Waals surface area contributed by atoms with E-state index in [0.29, 0.717) is 11.1 Å². The van der Waals surface area contributed by atoms with E-state index in [9.17, 15) is 9.59 Å². The van der Waals surface area contributed by atoms with Crippen LogP contribution >= 0.6 is 0 Å². The molecule has 1 aliphatic heterocycles. The van der Waals surface area contributed by atoms with E-state index < -0.39 is 0 Å². The maximum atomic E-state index is 12.6. The van der Waals surface area contributed by atoms with Crippen LogP contribution < -0.4 is 0 Å². The van der Waals surface area contributed by atoms with Crippen molar-refractivity contribution in [1.29, 1.82) is 0 Å². The fourth-order valence-corrected chi connectivity index (χ4v) is 2.47. The van der Waals surface area contributed by atoms with E-state index in [0.717, 1.165) is 13.1 Å². The summed E-state index contributed by atoms with van der Waals surface area (Å²) in [7, 11) is 0. The molecule has 0 radical (unpaired) electrons. The van der Waals surface area contributed by atoms with E-state index in [1.54, 1.807) is 12.1 Å². The fraction of sp³-hybridized carbons (Fsp3) is 0.222. The minimum atomic E-state index is -0.333. The monoisotopic (exact) mass is 279 g/mol. The molecule has 0 N–H and O–H groups in total. The Hall–Kier alpha value is -2.26. The van der Waals surface area contributed by atoms with Crippen LogP contribution in [-0.2, 0) is 0 Å². The van der Waals surface area contributed by atoms with E-state index in [2.05, 4.69) is 4.90 Å². The van der Waals surface area contributed by atoms with Gasteiger partial charge in [0, 0.05) is 30.6 Å². The summed E-state index contributed by atoms with van der Waals surface area (Å²) in [5, 5.41) is 0. The standard InChI is InChI=1S/C18H17NO2/c20-17(14-7-3-1-4-8-14)13-16(19-11-12-19)18(21)15-9-5-2-6-10-15/h1-10,16H,11-13H2. The smallest absolute Gasteiger partial charge is 0.180 e. The third kappa shape index (κ3) is 3.26. The summed E-state index contributed by atoms with van der Waals surface area (Å²) in [6.07, 6.45) is 0.248. The molecule has 1 aliphatic rings. The first-order valence-electron chi connectivity index (χ1n) is 7.17. The Balaban J connectivity index is 1.77. The van der Waals surface area contributed by atoms with E-state index >= 15 is 0 Å². The number of hydrogen-bond donors (Lipinski definition) is 0. The van der Waals surface area contributed by atoms with Crippen LogP contribution in [0.5, 0.6) is 0 Å². The minimum Gasteiger partial charge on any atom is -0.294 e. The maximum absolute atomic E-state index is 12.6. The Bertz CT molecular complexity index is 633. The zero-order valence-electron chi connectivity index (χ0n) is 11.7. The van der Waals surface area contributed by atoms with Crippen LogP contribution in [-0.4, -0.2) is 35.6 Å². The number of rotatable bonds is 6. The van der Waals surface area contributed by atoms with Gasteiger partial charge >= 0.3 is 0 Å². The third-order valence-electron chi connectivity index (χ3n) is 3.76. The van der Waals surface area contributed by atoms with Crippen molar-refractivity contribution in [3.63, 3.8) is 0 Å². The second-order valence-corrected chi connectivity index (χ2v) is 5.28. The molecular weight excluding hydrogens is 262 g/mol. The number of carbonyl (C=O) groups excluding carboxylic acids is 2. The Morgan fingerprint density at radius 2 is 1.38 bits per heavy atom. The Kier molecular flexibility index (Phi) is 3.93. The largest absolute Gasteiger partial charge is 0.294 e. The summed E-state index contributed by atoms with van der Waals surface area (Å²) in [6, 6.07) is 18.1. The summed E-state index contributed by atoms with van der Waals surface area (Å²) in [5.74, 6) is 0.0640. The van der Waals surface area contributed by atoms with Gasteiger partial charge in [0.1, 0.15) is 0 Å². The molecule has 1 heterocycles. The van der Waals surface area contributed by atoms with Gasteiger partial charge in [-0.3, -0.25) is 14.5 Å². The first kappa shape index (κ1) is 13.7. The van der Waals surface area contributed by atoms with Crippen LogP contribution in [0.25, 0.3) is 0 Å². The van der Waals surface area contributed by atoms with Crippen molar-refractivity contribution >= 4 is 11.6 Å². The third-order valence-corrected chi connectivity index (χ3v) is 3.76. The quantitative estimate of drug-likeness (QED) is 0.602. The van der Waals surface area contributed by atoms with Crippen LogP contribution in [0, 0.1) is 0 Å². The highest BCUT2D eigenvalue weighted by atomic mass is 16.1. The first-order chi connectivity index (χ1) is 10.3. The van der Waals surface area contributed by atoms with Crippen molar-refractivity contribution in [3.05, 3.63) is 71.8 Å². The van der Waals surface area contributed by atoms with Crippen LogP contribution in [0.1, 0.15) is 27.1 Å². The van der Waals surface area contributed by atoms with Gasteiger partial charge in [0.05, 0.1) is 6.04 Å². The zero-order chi connectivity index (χ0) is 14.7. The van der Waals surface area contributed by atoms with Gasteiger partial charge in [-0.2, -0.15) is 0 Å². The summed E-state index contributed by atoms with van der Waals surface area (Å²) in [6.45, 7) is 1.79. The lowest BCUT2D eigenvalue weighted by Crippen LogP contribution is -2.31. The summed E-state index contributed by atoms with van der Waals surface area (Å²) in [4.78, 5) is 27.0. The molecule has 1 fully saturated rings. The molecule has 0 amide bonds. The molecule has 1 atom stereocenters. The van der Waals surface area contributed by atoms with Crippen molar-refractivity contribution < 1.29 is 9.59 Å². The number of nitrogens with zero attached hydrogens (tertiary/aromatic N) is 1. The molecule has 106 valence electrons. The van der Waals surface area contributed by atoms with Crippen molar-refractivity contribution in [2.24, 2.45) is 0 Å². The molecule has 1 unspecified atom stereocenters. The molecule has 3 nitrogen and oxygen atoms in total. The average Bonchev–Trinajstić information content (AvgIpc) is 3.38. The molecule has 3 rings (SSSR count). The predicted molar refractivity (Wildman–Crippen MR) is 81.5 cm³/mol. The minimum absolute atomic E-state index is 0.0248. The van der Waals surface area contributed by atoms with Crippen LogP contribution in [0.2, 0.25) is 0 Å². The second kappa shape index (κ2) is 6.02. The Morgan fingerprint density at radius 3 is 1.90 bits per heavy atom. The van der Waals surface area contributed by atoms with Gasteiger partial charge in [0.2, 0.25) is 0 Å². The molecule has 0 aromatic heterocycles. The highest BCUT2D eigenvalue weighted by molar-refractivity contribution is 6.05. The SMILES string of the molecule is O=C(CC(C(=O)c1ccccc1)N1CC1)c1ccccc1. The number of Topliss-reactive ketones (excluding diaryl/α,β-unsaturated/α-hetero) is 2. The lowest BCUT2D eigenvalue weighted by molar-refractivity contribution is 0.0843. The number of carbonyl (C=O) groups is 2. The molecule has 0 aliphatic carbocycles. The van der Waals surface area contributed by atoms with Crippen LogP contribution in [0.15, 0.2) is 60.7 Å². The van der Waals surface area contributed by atoms with Crippen molar-refractivity contribution in [3.8, 4) is 0 Å². The molecule has 1 saturated heterocycles. The maximum Gasteiger partial charge on any atom is 0.180 e. The van der Waals surface area contributed by atoms with Crippen molar-refractivity contribution in [2.45, 2.75) is 12.5 Å². The van der Waals surface area contributed by atoms with Gasteiger partial charge in [-0.25, -0.2) is 0 Å². The lowest BCUT2D eigenvalue weighted by Gasteiger charge is -2.16. The molecule has 3 heteroatoms. The molecule has 2 aromatic rings. The molecule has 21 heavy (non-hydrogen) atoms. The average molecular weight is 279 g/mol. The van der Waals surface area contributed by atoms with E-state index in [-0.39, 0.29) is 24.0 Å². The fourth-order valence-electron chi connectivity index (χ4n) is 2.47. The summed E-state index contributed by atoms with van der Waals surface area (Å²) < 4.78 is 0. The van der Waals surface area contributed by atoms with Gasteiger partial charge < -0.3 is 0 Å². The first-order valence-corrected chi connectivity index (χ1v) is 7.17. The second-order valence-electron chi connectivity index (χ2n) is 5.28. The molecule has 0 saturated carbocycles. The highest BCUT2D eigenvalue weighted by Gasteiger charge is 2.35. The highest BCUT2D eigenvalue weighted by Crippen LogP contribution is 2.20. The topological polar surface area (TPSA) is 37.1 Å². The van der Waals surface area contributed by atoms with Gasteiger partial charge in [-0.05, 0) is 0 Å². The molecule has 2 aromatic carbocycles. The van der Waals surface area contributed by atoms with Gasteiger partial charge in [0.15, 0.2) is 11.6 Å². The van der Waals surface area contributed by atoms with E-state index in [1.165, 1.54) is 0 Å². The molecular formula is C18H17NO2. The normalized spacial score (nSPS) is 15.4. The van der Waals surface area contributed by atoms with Gasteiger partial charge in [-0.15, -0.1) is 0 Å². The molecule has 0 spiro atoms. The predicted octanol–water partition coefficient (Wildman–Crippen LogP) is 2.83. The number of benzene rings is 2. The Labute approximate surface area is 124 Å². The number of ketones is 2. The van der Waals surface area contributed by atoms with Crippen molar-refractivity contribution in [2.75, 3.05) is 13.1 Å². The summed E-state index contributed by atoms with van der Waals surface area (Å²) in [5.41, 5.74) is 1.35. The number of hydrogen-bond acceptors (Lipinski definition) is 3. The van der Waals surface area contributed by atoms with E-state index in [4.69, 9.17) is 0 Å².